The highest BCUT2D eigenvalue weighted by atomic mass is 16.3. The molecule has 6 rings (SSSR count). The summed E-state index contributed by atoms with van der Waals surface area (Å²) in [5.74, 6) is 0.00666. The maximum atomic E-state index is 9.98. The van der Waals surface area contributed by atoms with E-state index in [0.717, 1.165) is 50.9 Å². The van der Waals surface area contributed by atoms with Gasteiger partial charge in [-0.3, -0.25) is 14.7 Å². The number of aromatic hydroxyl groups is 2. The predicted octanol–water partition coefficient (Wildman–Crippen LogP) is 1.73. The molecule has 0 unspecified atom stereocenters. The average Bonchev–Trinajstić information content (AvgIpc) is 2.66. The first-order chi connectivity index (χ1) is 13.6. The summed E-state index contributed by atoms with van der Waals surface area (Å²) in [4.78, 5) is 7.39. The predicted molar refractivity (Wildman–Crippen MR) is 107 cm³/mol. The maximum absolute atomic E-state index is 9.98. The Bertz CT molecular complexity index is 906. The Kier molecular flexibility index (Phi) is 4.16. The van der Waals surface area contributed by atoms with Crippen molar-refractivity contribution < 1.29 is 10.2 Å². The third-order valence-electron chi connectivity index (χ3n) is 5.70. The molecule has 0 amide bonds. The molecular weight excluding hydrogens is 354 g/mol. The van der Waals surface area contributed by atoms with Crippen LogP contribution in [0.3, 0.4) is 0 Å². The zero-order chi connectivity index (χ0) is 19.1. The van der Waals surface area contributed by atoms with Gasteiger partial charge in [-0.1, -0.05) is 30.3 Å². The van der Waals surface area contributed by atoms with E-state index in [9.17, 15) is 10.2 Å². The molecule has 0 spiro atoms. The topological polar surface area (TPSA) is 74.9 Å². The van der Waals surface area contributed by atoms with Gasteiger partial charge in [-0.25, -0.2) is 0 Å². The summed E-state index contributed by atoms with van der Waals surface area (Å²) in [6.07, 6.45) is 1.54. The zero-order valence-electron chi connectivity index (χ0n) is 15.6. The molecule has 0 atom stereocenters. The van der Waals surface area contributed by atoms with E-state index >= 15 is 0 Å². The first-order valence-electron chi connectivity index (χ1n) is 9.47. The second-order valence-electron chi connectivity index (χ2n) is 7.99. The van der Waals surface area contributed by atoms with Gasteiger partial charge in [-0.15, -0.1) is 0 Å². The van der Waals surface area contributed by atoms with Gasteiger partial charge in [-0.05, 0) is 17.7 Å². The van der Waals surface area contributed by atoms with Crippen LogP contribution < -0.4 is 0 Å². The largest absolute Gasteiger partial charge is 0.508 e. The second kappa shape index (κ2) is 6.70. The molecule has 7 nitrogen and oxygen atoms in total. The van der Waals surface area contributed by atoms with Gasteiger partial charge in [-0.2, -0.15) is 10.2 Å². The first-order valence-corrected chi connectivity index (χ1v) is 9.47. The zero-order valence-corrected chi connectivity index (χ0v) is 15.6. The van der Waals surface area contributed by atoms with Crippen molar-refractivity contribution in [3.63, 3.8) is 0 Å². The molecule has 4 aliphatic heterocycles. The normalized spacial score (nSPS) is 31.6. The Balaban J connectivity index is 1.52. The number of hydrogen-bond donors (Lipinski definition) is 2. The van der Waals surface area contributed by atoms with Crippen LogP contribution in [0.4, 0.5) is 0 Å². The van der Waals surface area contributed by atoms with Crippen molar-refractivity contribution in [2.24, 2.45) is 15.6 Å². The molecule has 0 aromatic heterocycles. The molecule has 2 aromatic rings. The van der Waals surface area contributed by atoms with E-state index < -0.39 is 0 Å². The fourth-order valence-corrected chi connectivity index (χ4v) is 4.80. The standard InChI is InChI=1S/C21H23N5O2/c27-18-7-6-17(19(28)8-18)9-22-23-20(16-4-2-1-3-5-16)21-10-24-13-25(11-21)15-26(12-21)14-24/h1-9,27-28H,10-15H2/b22-9+,23-20?. The molecule has 2 aromatic carbocycles. The summed E-state index contributed by atoms with van der Waals surface area (Å²) in [6.45, 7) is 6.00. The molecule has 4 fully saturated rings. The molecule has 7 heteroatoms. The Labute approximate surface area is 163 Å². The van der Waals surface area contributed by atoms with Crippen molar-refractivity contribution in [2.45, 2.75) is 0 Å². The van der Waals surface area contributed by atoms with E-state index in [-0.39, 0.29) is 16.9 Å². The Morgan fingerprint density at radius 2 is 1.54 bits per heavy atom. The minimum absolute atomic E-state index is 0.0154. The van der Waals surface area contributed by atoms with Crippen LogP contribution in [-0.2, 0) is 0 Å². The molecule has 144 valence electrons. The molecule has 0 saturated carbocycles. The summed E-state index contributed by atoms with van der Waals surface area (Å²) in [7, 11) is 0. The number of phenolic OH excluding ortho intramolecular Hbond substituents is 2. The highest BCUT2D eigenvalue weighted by molar-refractivity contribution is 6.05. The van der Waals surface area contributed by atoms with E-state index in [2.05, 4.69) is 37.0 Å². The monoisotopic (exact) mass is 377 g/mol. The lowest BCUT2D eigenvalue weighted by atomic mass is 9.74. The van der Waals surface area contributed by atoms with Crippen LogP contribution in [0.15, 0.2) is 58.7 Å². The van der Waals surface area contributed by atoms with Crippen LogP contribution in [0.25, 0.3) is 0 Å². The maximum Gasteiger partial charge on any atom is 0.128 e. The van der Waals surface area contributed by atoms with Gasteiger partial charge in [0, 0.05) is 31.3 Å². The van der Waals surface area contributed by atoms with Gasteiger partial charge in [0.05, 0.1) is 37.3 Å². The highest BCUT2D eigenvalue weighted by Gasteiger charge is 2.51. The molecule has 4 bridgehead atoms. The van der Waals surface area contributed by atoms with E-state index in [1.807, 2.05) is 18.2 Å². The summed E-state index contributed by atoms with van der Waals surface area (Å²) < 4.78 is 0. The van der Waals surface area contributed by atoms with Gasteiger partial charge in [0.15, 0.2) is 0 Å². The van der Waals surface area contributed by atoms with Gasteiger partial charge in [0.1, 0.15) is 11.5 Å². The lowest BCUT2D eigenvalue weighted by Crippen LogP contribution is -2.74. The fourth-order valence-electron chi connectivity index (χ4n) is 4.80. The van der Waals surface area contributed by atoms with Crippen LogP contribution in [0.2, 0.25) is 0 Å². The van der Waals surface area contributed by atoms with Crippen LogP contribution in [0, 0.1) is 5.41 Å². The van der Waals surface area contributed by atoms with Gasteiger partial charge >= 0.3 is 0 Å². The average molecular weight is 377 g/mol. The molecule has 4 heterocycles. The van der Waals surface area contributed by atoms with E-state index in [4.69, 9.17) is 0 Å². The number of rotatable bonds is 4. The van der Waals surface area contributed by atoms with E-state index in [0.29, 0.717) is 5.56 Å². The molecule has 4 saturated heterocycles. The first kappa shape index (κ1) is 17.4. The molecule has 0 aliphatic carbocycles. The van der Waals surface area contributed by atoms with Crippen molar-refractivity contribution in [2.75, 3.05) is 39.6 Å². The van der Waals surface area contributed by atoms with Crippen molar-refractivity contribution in [1.29, 1.82) is 0 Å². The quantitative estimate of drug-likeness (QED) is 0.627. The number of hydrogen-bond acceptors (Lipinski definition) is 7. The summed E-state index contributed by atoms with van der Waals surface area (Å²) in [6, 6.07) is 14.7. The van der Waals surface area contributed by atoms with E-state index in [1.54, 1.807) is 12.3 Å². The Morgan fingerprint density at radius 3 is 2.14 bits per heavy atom. The van der Waals surface area contributed by atoms with Gasteiger partial charge < -0.3 is 10.2 Å². The molecular formula is C21H23N5O2. The summed E-state index contributed by atoms with van der Waals surface area (Å²) in [5, 5.41) is 28.4. The van der Waals surface area contributed by atoms with Crippen molar-refractivity contribution in [1.82, 2.24) is 14.7 Å². The fraction of sp³-hybridized carbons (Fsp3) is 0.333. The summed E-state index contributed by atoms with van der Waals surface area (Å²) >= 11 is 0. The van der Waals surface area contributed by atoms with Gasteiger partial charge in [0.2, 0.25) is 0 Å². The van der Waals surface area contributed by atoms with Crippen LogP contribution in [-0.4, -0.2) is 76.5 Å². The number of phenols is 2. The van der Waals surface area contributed by atoms with Crippen molar-refractivity contribution >= 4 is 11.9 Å². The van der Waals surface area contributed by atoms with Gasteiger partial charge in [0.25, 0.3) is 0 Å². The summed E-state index contributed by atoms with van der Waals surface area (Å²) in [5.41, 5.74) is 2.52. The third-order valence-corrected chi connectivity index (χ3v) is 5.70. The van der Waals surface area contributed by atoms with Crippen LogP contribution in [0.5, 0.6) is 11.5 Å². The Hall–Kier alpha value is -2.74. The highest BCUT2D eigenvalue weighted by Crippen LogP contribution is 2.38. The molecule has 2 N–H and O–H groups in total. The minimum atomic E-state index is -0.0789. The number of nitrogens with zero attached hydrogens (tertiary/aromatic N) is 5. The van der Waals surface area contributed by atoms with Crippen molar-refractivity contribution in [3.8, 4) is 11.5 Å². The lowest BCUT2D eigenvalue weighted by Gasteiger charge is -2.60. The smallest absolute Gasteiger partial charge is 0.128 e. The minimum Gasteiger partial charge on any atom is -0.508 e. The van der Waals surface area contributed by atoms with Crippen molar-refractivity contribution in [3.05, 3.63) is 59.7 Å². The molecule has 0 radical (unpaired) electrons. The second-order valence-corrected chi connectivity index (χ2v) is 7.99. The lowest BCUT2D eigenvalue weighted by molar-refractivity contribution is -0.149. The number of benzene rings is 2. The van der Waals surface area contributed by atoms with Crippen LogP contribution in [0.1, 0.15) is 11.1 Å². The molecule has 28 heavy (non-hydrogen) atoms. The third kappa shape index (κ3) is 3.07. The Morgan fingerprint density at radius 1 is 0.893 bits per heavy atom. The van der Waals surface area contributed by atoms with Crippen LogP contribution >= 0.6 is 0 Å². The molecule has 4 aliphatic rings. The SMILES string of the molecule is Oc1ccc(/C=N/N=C(c2ccccc2)C23CN4CN(CN(C4)C2)C3)c(O)c1. The van der Waals surface area contributed by atoms with E-state index in [1.165, 1.54) is 12.1 Å².